The number of benzene rings is 2. The smallest absolute Gasteiger partial charge is 0.253 e. The summed E-state index contributed by atoms with van der Waals surface area (Å²) in [6.07, 6.45) is 5.54. The van der Waals surface area contributed by atoms with Crippen LogP contribution >= 0.6 is 0 Å². The van der Waals surface area contributed by atoms with Gasteiger partial charge in [0.1, 0.15) is 19.0 Å². The van der Waals surface area contributed by atoms with Gasteiger partial charge < -0.3 is 25.0 Å². The van der Waals surface area contributed by atoms with Crippen molar-refractivity contribution < 1.29 is 19.1 Å². The van der Waals surface area contributed by atoms with E-state index >= 15 is 0 Å². The van der Waals surface area contributed by atoms with Crippen molar-refractivity contribution >= 4 is 17.6 Å². The van der Waals surface area contributed by atoms with Crippen LogP contribution < -0.4 is 25.0 Å². The number of carbonyl (C=O) groups is 2. The number of piperidine rings is 1. The topological polar surface area (TPSA) is 92.8 Å². The molecule has 1 unspecified atom stereocenters. The number of rotatable bonds is 6. The fourth-order valence-electron chi connectivity index (χ4n) is 5.99. The fraction of sp³-hybridized carbons (Fsp3) is 0.367. The van der Waals surface area contributed by atoms with E-state index in [0.717, 1.165) is 42.6 Å². The minimum atomic E-state index is -0.133. The quantitative estimate of drug-likeness (QED) is 0.518. The summed E-state index contributed by atoms with van der Waals surface area (Å²) in [6.45, 7) is 3.41. The van der Waals surface area contributed by atoms with E-state index in [1.54, 1.807) is 6.20 Å². The molecule has 3 aliphatic heterocycles. The molecule has 4 heterocycles. The number of anilines is 1. The SMILES string of the molecule is Cc1c(C(=O)NC2C[C@H]3CC[C@@H](C2)N3c2ccc(C(=O)NCc3ccccc3)cn2)ccc2c1OCCO2. The van der Waals surface area contributed by atoms with Gasteiger partial charge in [0.15, 0.2) is 11.5 Å². The summed E-state index contributed by atoms with van der Waals surface area (Å²) in [5, 5.41) is 6.23. The van der Waals surface area contributed by atoms with Crippen molar-refractivity contribution in [3.8, 4) is 11.5 Å². The van der Waals surface area contributed by atoms with Crippen molar-refractivity contribution in [3.05, 3.63) is 83.0 Å². The van der Waals surface area contributed by atoms with Gasteiger partial charge in [-0.05, 0) is 62.4 Å². The maximum Gasteiger partial charge on any atom is 0.253 e. The number of ether oxygens (including phenoxy) is 2. The molecule has 2 amide bonds. The molecule has 2 N–H and O–H groups in total. The Balaban J connectivity index is 1.08. The van der Waals surface area contributed by atoms with Crippen LogP contribution in [0, 0.1) is 6.92 Å². The van der Waals surface area contributed by atoms with Crippen LogP contribution in [-0.2, 0) is 6.54 Å². The lowest BCUT2D eigenvalue weighted by atomic mass is 9.96. The van der Waals surface area contributed by atoms with Gasteiger partial charge in [-0.2, -0.15) is 0 Å². The predicted molar refractivity (Wildman–Crippen MR) is 144 cm³/mol. The van der Waals surface area contributed by atoms with E-state index in [0.29, 0.717) is 54.5 Å². The molecule has 3 atom stereocenters. The van der Waals surface area contributed by atoms with Crippen LogP contribution in [0.25, 0.3) is 0 Å². The van der Waals surface area contributed by atoms with Crippen LogP contribution in [0.15, 0.2) is 60.8 Å². The minimum absolute atomic E-state index is 0.0682. The number of carbonyl (C=O) groups excluding carboxylic acids is 2. The maximum absolute atomic E-state index is 13.2. The van der Waals surface area contributed by atoms with Crippen LogP contribution in [-0.4, -0.2) is 48.1 Å². The third-order valence-corrected chi connectivity index (χ3v) is 7.84. The Morgan fingerprint density at radius 2 is 1.71 bits per heavy atom. The molecular weight excluding hydrogens is 480 g/mol. The summed E-state index contributed by atoms with van der Waals surface area (Å²) in [4.78, 5) is 32.8. The molecule has 2 aromatic carbocycles. The second-order valence-corrected chi connectivity index (χ2v) is 10.3. The first-order valence-electron chi connectivity index (χ1n) is 13.3. The Labute approximate surface area is 222 Å². The largest absolute Gasteiger partial charge is 0.486 e. The van der Waals surface area contributed by atoms with Crippen LogP contribution in [0.1, 0.15) is 57.5 Å². The van der Waals surface area contributed by atoms with Gasteiger partial charge in [0.2, 0.25) is 0 Å². The van der Waals surface area contributed by atoms with E-state index in [2.05, 4.69) is 20.5 Å². The van der Waals surface area contributed by atoms with Gasteiger partial charge in [-0.1, -0.05) is 30.3 Å². The Bertz CT molecular complexity index is 1310. The highest BCUT2D eigenvalue weighted by Gasteiger charge is 2.42. The molecule has 8 nitrogen and oxygen atoms in total. The first kappa shape index (κ1) is 24.3. The van der Waals surface area contributed by atoms with Gasteiger partial charge in [0, 0.05) is 42.0 Å². The molecule has 2 saturated heterocycles. The molecule has 3 aromatic rings. The number of hydrogen-bond acceptors (Lipinski definition) is 6. The number of hydrogen-bond donors (Lipinski definition) is 2. The van der Waals surface area contributed by atoms with Gasteiger partial charge in [0.05, 0.1) is 5.56 Å². The molecule has 38 heavy (non-hydrogen) atoms. The Hall–Kier alpha value is -4.07. The normalized spacial score (nSPS) is 21.6. The first-order chi connectivity index (χ1) is 18.6. The zero-order valence-electron chi connectivity index (χ0n) is 21.5. The van der Waals surface area contributed by atoms with Gasteiger partial charge in [-0.3, -0.25) is 9.59 Å². The van der Waals surface area contributed by atoms with E-state index in [-0.39, 0.29) is 17.9 Å². The second kappa shape index (κ2) is 10.4. The molecule has 0 saturated carbocycles. The van der Waals surface area contributed by atoms with E-state index in [9.17, 15) is 9.59 Å². The number of nitrogens with zero attached hydrogens (tertiary/aromatic N) is 2. The lowest BCUT2D eigenvalue weighted by molar-refractivity contribution is 0.0922. The van der Waals surface area contributed by atoms with Crippen LogP contribution in [0.2, 0.25) is 0 Å². The van der Waals surface area contributed by atoms with Crippen molar-refractivity contribution in [2.45, 2.75) is 57.3 Å². The summed E-state index contributed by atoms with van der Waals surface area (Å²) in [6, 6.07) is 18.0. The van der Waals surface area contributed by atoms with E-state index in [1.807, 2.05) is 61.5 Å². The second-order valence-electron chi connectivity index (χ2n) is 10.3. The summed E-state index contributed by atoms with van der Waals surface area (Å²) in [5.74, 6) is 2.06. The Morgan fingerprint density at radius 3 is 2.45 bits per heavy atom. The monoisotopic (exact) mass is 512 g/mol. The van der Waals surface area contributed by atoms with Crippen LogP contribution in [0.4, 0.5) is 5.82 Å². The third kappa shape index (κ3) is 4.78. The van der Waals surface area contributed by atoms with Crippen molar-refractivity contribution in [3.63, 3.8) is 0 Å². The maximum atomic E-state index is 13.2. The van der Waals surface area contributed by atoms with Gasteiger partial charge in [0.25, 0.3) is 11.8 Å². The van der Waals surface area contributed by atoms with E-state index in [4.69, 9.17) is 9.47 Å². The fourth-order valence-corrected chi connectivity index (χ4v) is 5.99. The highest BCUT2D eigenvalue weighted by molar-refractivity contribution is 5.97. The number of fused-ring (bicyclic) bond motifs is 3. The molecule has 196 valence electrons. The molecule has 2 bridgehead atoms. The molecule has 0 spiro atoms. The molecule has 3 aliphatic rings. The van der Waals surface area contributed by atoms with Gasteiger partial charge >= 0.3 is 0 Å². The third-order valence-electron chi connectivity index (χ3n) is 7.84. The molecule has 2 fully saturated rings. The Morgan fingerprint density at radius 1 is 0.947 bits per heavy atom. The van der Waals surface area contributed by atoms with E-state index in [1.165, 1.54) is 0 Å². The minimum Gasteiger partial charge on any atom is -0.486 e. The molecule has 8 heteroatoms. The number of pyridine rings is 1. The van der Waals surface area contributed by atoms with Crippen molar-refractivity contribution in [1.29, 1.82) is 0 Å². The molecule has 6 rings (SSSR count). The van der Waals surface area contributed by atoms with Gasteiger partial charge in [-0.15, -0.1) is 0 Å². The average molecular weight is 513 g/mol. The summed E-state index contributed by atoms with van der Waals surface area (Å²) in [5.41, 5.74) is 3.05. The van der Waals surface area contributed by atoms with Crippen molar-refractivity contribution in [2.24, 2.45) is 0 Å². The zero-order chi connectivity index (χ0) is 26.1. The van der Waals surface area contributed by atoms with Crippen molar-refractivity contribution in [1.82, 2.24) is 15.6 Å². The van der Waals surface area contributed by atoms with Crippen LogP contribution in [0.3, 0.4) is 0 Å². The van der Waals surface area contributed by atoms with Crippen LogP contribution in [0.5, 0.6) is 11.5 Å². The molecule has 0 aliphatic carbocycles. The van der Waals surface area contributed by atoms with Crippen molar-refractivity contribution in [2.75, 3.05) is 18.1 Å². The summed E-state index contributed by atoms with van der Waals surface area (Å²) in [7, 11) is 0. The Kier molecular flexibility index (Phi) is 6.62. The standard InChI is InChI=1S/C30H32N4O4/c1-19-25(10-11-26-28(19)38-14-13-37-26)30(36)33-22-15-23-8-9-24(16-22)34(23)27-12-7-21(18-31-27)29(35)32-17-20-5-3-2-4-6-20/h2-7,10-12,18,22-24H,8-9,13-17H2,1H3,(H,32,35)(H,33,36)/t22?,23-,24+. The van der Waals surface area contributed by atoms with E-state index < -0.39 is 0 Å². The molecular formula is C30H32N4O4. The van der Waals surface area contributed by atoms with Gasteiger partial charge in [-0.25, -0.2) is 4.98 Å². The summed E-state index contributed by atoms with van der Waals surface area (Å²) < 4.78 is 11.4. The molecule has 1 aromatic heterocycles. The number of aromatic nitrogens is 1. The average Bonchev–Trinajstić information content (AvgIpc) is 3.22. The summed E-state index contributed by atoms with van der Waals surface area (Å²) >= 11 is 0. The highest BCUT2D eigenvalue weighted by atomic mass is 16.6. The number of nitrogens with one attached hydrogen (secondary N) is 2. The first-order valence-corrected chi connectivity index (χ1v) is 13.3. The zero-order valence-corrected chi connectivity index (χ0v) is 21.5. The lowest BCUT2D eigenvalue weighted by Gasteiger charge is -2.40. The highest BCUT2D eigenvalue weighted by Crippen LogP contribution is 2.39. The number of amides is 2. The lowest BCUT2D eigenvalue weighted by Crippen LogP contribution is -2.50. The predicted octanol–water partition coefficient (Wildman–Crippen LogP) is 4.02. The molecule has 0 radical (unpaired) electrons.